The fourth-order valence-electron chi connectivity index (χ4n) is 1.54. The number of carbonyl (C=O) groups is 1. The highest BCUT2D eigenvalue weighted by atomic mass is 32.1. The van der Waals surface area contributed by atoms with Gasteiger partial charge in [-0.2, -0.15) is 0 Å². The smallest absolute Gasteiger partial charge is 0.263 e. The highest BCUT2D eigenvalue weighted by molar-refractivity contribution is 7.17. The number of phenols is 1. The van der Waals surface area contributed by atoms with Crippen molar-refractivity contribution in [1.82, 2.24) is 10.3 Å². The number of aromatic nitrogens is 1. The van der Waals surface area contributed by atoms with Gasteiger partial charge in [0.25, 0.3) is 5.91 Å². The summed E-state index contributed by atoms with van der Waals surface area (Å²) in [5.74, 6) is -0.0664. The van der Waals surface area contributed by atoms with Crippen LogP contribution < -0.4 is 11.1 Å². The van der Waals surface area contributed by atoms with Crippen LogP contribution in [-0.4, -0.2) is 16.0 Å². The van der Waals surface area contributed by atoms with Gasteiger partial charge in [-0.05, 0) is 13.0 Å². The number of nitrogens with zero attached hydrogens (tertiary/aromatic N) is 1. The minimum atomic E-state index is -0.232. The van der Waals surface area contributed by atoms with Crippen LogP contribution in [0.1, 0.15) is 20.9 Å². The van der Waals surface area contributed by atoms with Crippen molar-refractivity contribution >= 4 is 22.4 Å². The topological polar surface area (TPSA) is 88.2 Å². The number of phenolic OH excluding ortho intramolecular Hbond substituents is 1. The molecule has 0 bridgehead atoms. The van der Waals surface area contributed by atoms with Crippen LogP contribution in [0.25, 0.3) is 0 Å². The van der Waals surface area contributed by atoms with E-state index in [1.54, 1.807) is 31.2 Å². The predicted molar refractivity (Wildman–Crippen MR) is 70.5 cm³/mol. The summed E-state index contributed by atoms with van der Waals surface area (Å²) in [6.45, 7) is 2.00. The van der Waals surface area contributed by atoms with Crippen molar-refractivity contribution in [2.24, 2.45) is 0 Å². The van der Waals surface area contributed by atoms with E-state index in [1.165, 1.54) is 0 Å². The summed E-state index contributed by atoms with van der Waals surface area (Å²) in [6, 6.07) is 6.87. The molecule has 0 aliphatic heterocycles. The van der Waals surface area contributed by atoms with Crippen molar-refractivity contribution in [3.8, 4) is 5.75 Å². The number of para-hydroxylation sites is 1. The van der Waals surface area contributed by atoms with E-state index in [0.717, 1.165) is 11.3 Å². The molecule has 94 valence electrons. The molecular formula is C12H13N3O2S. The number of benzene rings is 1. The first-order chi connectivity index (χ1) is 8.58. The second-order valence-corrected chi connectivity index (χ2v) is 4.81. The van der Waals surface area contributed by atoms with Gasteiger partial charge in [-0.15, -0.1) is 0 Å². The van der Waals surface area contributed by atoms with Crippen LogP contribution in [0.4, 0.5) is 5.13 Å². The Morgan fingerprint density at radius 2 is 2.22 bits per heavy atom. The zero-order valence-corrected chi connectivity index (χ0v) is 10.6. The average Bonchev–Trinajstić information content (AvgIpc) is 2.67. The van der Waals surface area contributed by atoms with Gasteiger partial charge < -0.3 is 16.2 Å². The highest BCUT2D eigenvalue weighted by Gasteiger charge is 2.14. The van der Waals surface area contributed by atoms with Crippen LogP contribution >= 0.6 is 11.3 Å². The van der Waals surface area contributed by atoms with Crippen LogP contribution in [0.2, 0.25) is 0 Å². The Labute approximate surface area is 108 Å². The second-order valence-electron chi connectivity index (χ2n) is 3.78. The van der Waals surface area contributed by atoms with E-state index in [1.807, 2.05) is 0 Å². The van der Waals surface area contributed by atoms with Gasteiger partial charge in [0.2, 0.25) is 0 Å². The van der Waals surface area contributed by atoms with Crippen LogP contribution in [0.3, 0.4) is 0 Å². The molecule has 1 amide bonds. The van der Waals surface area contributed by atoms with E-state index in [-0.39, 0.29) is 18.2 Å². The number of rotatable bonds is 3. The minimum absolute atomic E-state index is 0.165. The lowest BCUT2D eigenvalue weighted by atomic mass is 10.2. The molecule has 0 spiro atoms. The lowest BCUT2D eigenvalue weighted by Gasteiger charge is -2.05. The third-order valence-electron chi connectivity index (χ3n) is 2.45. The Morgan fingerprint density at radius 3 is 2.83 bits per heavy atom. The molecule has 1 aromatic heterocycles. The first-order valence-corrected chi connectivity index (χ1v) is 6.17. The predicted octanol–water partition coefficient (Wildman–Crippen LogP) is 1.67. The summed E-state index contributed by atoms with van der Waals surface area (Å²) >= 11 is 1.15. The van der Waals surface area contributed by atoms with Gasteiger partial charge in [0, 0.05) is 12.1 Å². The second kappa shape index (κ2) is 5.05. The molecule has 2 rings (SSSR count). The summed E-state index contributed by atoms with van der Waals surface area (Å²) in [7, 11) is 0. The Morgan fingerprint density at radius 1 is 1.50 bits per heavy atom. The maximum Gasteiger partial charge on any atom is 0.263 e. The van der Waals surface area contributed by atoms with Crippen LogP contribution in [0.15, 0.2) is 24.3 Å². The van der Waals surface area contributed by atoms with Crippen LogP contribution in [-0.2, 0) is 6.54 Å². The monoisotopic (exact) mass is 263 g/mol. The maximum absolute atomic E-state index is 11.9. The van der Waals surface area contributed by atoms with E-state index in [9.17, 15) is 9.90 Å². The third-order valence-corrected chi connectivity index (χ3v) is 3.44. The van der Waals surface area contributed by atoms with Gasteiger partial charge in [0.1, 0.15) is 10.6 Å². The van der Waals surface area contributed by atoms with E-state index in [2.05, 4.69) is 10.3 Å². The summed E-state index contributed by atoms with van der Waals surface area (Å²) < 4.78 is 0. The molecule has 0 radical (unpaired) electrons. The number of nitrogen functional groups attached to an aromatic ring is 1. The molecule has 5 nitrogen and oxygen atoms in total. The zero-order valence-electron chi connectivity index (χ0n) is 9.80. The van der Waals surface area contributed by atoms with E-state index in [4.69, 9.17) is 5.73 Å². The van der Waals surface area contributed by atoms with Crippen molar-refractivity contribution in [1.29, 1.82) is 0 Å². The molecular weight excluding hydrogens is 250 g/mol. The van der Waals surface area contributed by atoms with Gasteiger partial charge in [0.05, 0.1) is 5.69 Å². The number of hydrogen-bond acceptors (Lipinski definition) is 5. The number of carbonyl (C=O) groups excluding carboxylic acids is 1. The SMILES string of the molecule is Cc1nc(N)sc1C(=O)NCc1ccccc1O. The zero-order chi connectivity index (χ0) is 13.1. The minimum Gasteiger partial charge on any atom is -0.508 e. The van der Waals surface area contributed by atoms with Gasteiger partial charge in [0.15, 0.2) is 5.13 Å². The summed E-state index contributed by atoms with van der Waals surface area (Å²) in [5, 5.41) is 12.7. The van der Waals surface area contributed by atoms with Gasteiger partial charge >= 0.3 is 0 Å². The standard InChI is InChI=1S/C12H13N3O2S/c1-7-10(18-12(13)15-7)11(17)14-6-8-4-2-3-5-9(8)16/h2-5,16H,6H2,1H3,(H2,13,15)(H,14,17). The lowest BCUT2D eigenvalue weighted by molar-refractivity contribution is 0.0954. The molecule has 1 heterocycles. The van der Waals surface area contributed by atoms with Gasteiger partial charge in [-0.1, -0.05) is 29.5 Å². The molecule has 0 unspecified atom stereocenters. The van der Waals surface area contributed by atoms with E-state index >= 15 is 0 Å². The molecule has 0 aliphatic carbocycles. The molecule has 1 aromatic carbocycles. The summed E-state index contributed by atoms with van der Waals surface area (Å²) in [5.41, 5.74) is 6.82. The number of anilines is 1. The van der Waals surface area contributed by atoms with Crippen molar-refractivity contribution in [2.45, 2.75) is 13.5 Å². The summed E-state index contributed by atoms with van der Waals surface area (Å²) in [4.78, 5) is 16.4. The molecule has 6 heteroatoms. The number of thiazole rings is 1. The molecule has 2 aromatic rings. The number of hydrogen-bond donors (Lipinski definition) is 3. The molecule has 0 saturated heterocycles. The molecule has 4 N–H and O–H groups in total. The quantitative estimate of drug-likeness (QED) is 0.786. The van der Waals surface area contributed by atoms with Gasteiger partial charge in [-0.25, -0.2) is 4.98 Å². The number of nitrogens with one attached hydrogen (secondary N) is 1. The molecule has 18 heavy (non-hydrogen) atoms. The molecule has 0 atom stereocenters. The molecule has 0 fully saturated rings. The van der Waals surface area contributed by atoms with Crippen molar-refractivity contribution in [3.05, 3.63) is 40.4 Å². The van der Waals surface area contributed by atoms with Crippen LogP contribution in [0, 0.1) is 6.92 Å². The van der Waals surface area contributed by atoms with Gasteiger partial charge in [-0.3, -0.25) is 4.79 Å². The van der Waals surface area contributed by atoms with Crippen molar-refractivity contribution in [3.63, 3.8) is 0 Å². The van der Waals surface area contributed by atoms with Crippen LogP contribution in [0.5, 0.6) is 5.75 Å². The largest absolute Gasteiger partial charge is 0.508 e. The third kappa shape index (κ3) is 2.60. The Hall–Kier alpha value is -2.08. The molecule has 0 aliphatic rings. The fraction of sp³-hybridized carbons (Fsp3) is 0.167. The van der Waals surface area contributed by atoms with E-state index < -0.39 is 0 Å². The van der Waals surface area contributed by atoms with Crippen molar-refractivity contribution < 1.29 is 9.90 Å². The first kappa shape index (κ1) is 12.4. The fourth-order valence-corrected chi connectivity index (χ4v) is 2.29. The molecule has 0 saturated carbocycles. The Kier molecular flexibility index (Phi) is 3.47. The maximum atomic E-state index is 11.9. The number of aryl methyl sites for hydroxylation is 1. The number of amides is 1. The Bertz CT molecular complexity index is 580. The van der Waals surface area contributed by atoms with Crippen molar-refractivity contribution in [2.75, 3.05) is 5.73 Å². The summed E-state index contributed by atoms with van der Waals surface area (Å²) in [6.07, 6.45) is 0. The highest BCUT2D eigenvalue weighted by Crippen LogP contribution is 2.20. The normalized spacial score (nSPS) is 10.3. The first-order valence-electron chi connectivity index (χ1n) is 5.36. The number of nitrogens with two attached hydrogens (primary N) is 1. The average molecular weight is 263 g/mol. The number of aromatic hydroxyl groups is 1. The lowest BCUT2D eigenvalue weighted by Crippen LogP contribution is -2.22. The Balaban J connectivity index is 2.05. The van der Waals surface area contributed by atoms with E-state index in [0.29, 0.717) is 21.3 Å².